The Kier molecular flexibility index (Phi) is 6.06. The molecule has 2 rings (SSSR count). The van der Waals surface area contributed by atoms with E-state index in [1.807, 2.05) is 6.07 Å². The average molecular weight is 288 g/mol. The lowest BCUT2D eigenvalue weighted by molar-refractivity contribution is 0.139. The molecule has 0 aromatic heterocycles. The standard InChI is InChI=1S/C17H24N2O2/c1-20-11-10-19(16-6-7-16)13-14-5-8-17(21-2)15(12-14)4-3-9-18/h5,8,12,16H,6-7,9-11,13,18H2,1-2H3. The van der Waals surface area contributed by atoms with Crippen LogP contribution >= 0.6 is 0 Å². The van der Waals surface area contributed by atoms with Crippen molar-refractivity contribution in [3.8, 4) is 17.6 Å². The fourth-order valence-electron chi connectivity index (χ4n) is 2.37. The van der Waals surface area contributed by atoms with Crippen molar-refractivity contribution in [3.63, 3.8) is 0 Å². The molecule has 0 spiro atoms. The average Bonchev–Trinajstić information content (AvgIpc) is 3.34. The molecule has 0 atom stereocenters. The number of hydrogen-bond donors (Lipinski definition) is 1. The van der Waals surface area contributed by atoms with Gasteiger partial charge in [-0.15, -0.1) is 0 Å². The monoisotopic (exact) mass is 288 g/mol. The van der Waals surface area contributed by atoms with Crippen LogP contribution in [0.15, 0.2) is 18.2 Å². The van der Waals surface area contributed by atoms with Gasteiger partial charge in [-0.05, 0) is 30.5 Å². The van der Waals surface area contributed by atoms with Gasteiger partial charge in [-0.3, -0.25) is 4.90 Å². The van der Waals surface area contributed by atoms with Gasteiger partial charge in [-0.1, -0.05) is 17.9 Å². The summed E-state index contributed by atoms with van der Waals surface area (Å²) in [7, 11) is 3.41. The minimum atomic E-state index is 0.357. The third kappa shape index (κ3) is 4.75. The summed E-state index contributed by atoms with van der Waals surface area (Å²) in [4.78, 5) is 2.48. The van der Waals surface area contributed by atoms with Gasteiger partial charge in [0.25, 0.3) is 0 Å². The highest BCUT2D eigenvalue weighted by Gasteiger charge is 2.28. The van der Waals surface area contributed by atoms with E-state index in [9.17, 15) is 0 Å². The normalized spacial score (nSPS) is 13.9. The SMILES string of the molecule is COCCN(Cc1ccc(OC)c(C#CCN)c1)C1CC1. The molecule has 4 nitrogen and oxygen atoms in total. The molecule has 21 heavy (non-hydrogen) atoms. The van der Waals surface area contributed by atoms with Gasteiger partial charge in [-0.2, -0.15) is 0 Å². The van der Waals surface area contributed by atoms with Crippen LogP contribution in [-0.2, 0) is 11.3 Å². The van der Waals surface area contributed by atoms with E-state index in [1.54, 1.807) is 14.2 Å². The van der Waals surface area contributed by atoms with E-state index in [1.165, 1.54) is 18.4 Å². The van der Waals surface area contributed by atoms with Crippen LogP contribution in [0, 0.1) is 11.8 Å². The number of ether oxygens (including phenoxy) is 2. The molecule has 1 aromatic carbocycles. The lowest BCUT2D eigenvalue weighted by Gasteiger charge is -2.22. The summed E-state index contributed by atoms with van der Waals surface area (Å²) in [5.74, 6) is 6.78. The van der Waals surface area contributed by atoms with Gasteiger partial charge in [0.2, 0.25) is 0 Å². The maximum Gasteiger partial charge on any atom is 0.134 e. The number of rotatable bonds is 7. The molecular weight excluding hydrogens is 264 g/mol. The van der Waals surface area contributed by atoms with Gasteiger partial charge in [-0.25, -0.2) is 0 Å². The molecule has 1 aromatic rings. The number of benzene rings is 1. The van der Waals surface area contributed by atoms with E-state index in [0.717, 1.165) is 31.0 Å². The van der Waals surface area contributed by atoms with Crippen LogP contribution in [0.5, 0.6) is 5.75 Å². The minimum Gasteiger partial charge on any atom is -0.495 e. The number of hydrogen-bond acceptors (Lipinski definition) is 4. The molecule has 0 amide bonds. The minimum absolute atomic E-state index is 0.357. The van der Waals surface area contributed by atoms with Crippen LogP contribution in [0.3, 0.4) is 0 Å². The molecule has 0 radical (unpaired) electrons. The number of nitrogens with two attached hydrogens (primary N) is 1. The van der Waals surface area contributed by atoms with Gasteiger partial charge in [0.1, 0.15) is 5.75 Å². The molecule has 0 saturated heterocycles. The highest BCUT2D eigenvalue weighted by molar-refractivity contribution is 5.48. The maximum absolute atomic E-state index is 5.45. The van der Waals surface area contributed by atoms with Crippen molar-refractivity contribution < 1.29 is 9.47 Å². The summed E-state index contributed by atoms with van der Waals surface area (Å²) in [6, 6.07) is 6.90. The Morgan fingerprint density at radius 2 is 2.14 bits per heavy atom. The number of methoxy groups -OCH3 is 2. The van der Waals surface area contributed by atoms with E-state index in [-0.39, 0.29) is 0 Å². The van der Waals surface area contributed by atoms with E-state index < -0.39 is 0 Å². The second-order valence-electron chi connectivity index (χ2n) is 5.23. The van der Waals surface area contributed by atoms with Crippen LogP contribution in [0.1, 0.15) is 24.0 Å². The van der Waals surface area contributed by atoms with E-state index in [4.69, 9.17) is 15.2 Å². The van der Waals surface area contributed by atoms with Crippen LogP contribution in [0.4, 0.5) is 0 Å². The van der Waals surface area contributed by atoms with Crippen molar-refractivity contribution in [1.29, 1.82) is 0 Å². The molecule has 1 saturated carbocycles. The molecule has 114 valence electrons. The summed E-state index contributed by atoms with van der Waals surface area (Å²) in [6.07, 6.45) is 2.58. The van der Waals surface area contributed by atoms with E-state index >= 15 is 0 Å². The first-order valence-corrected chi connectivity index (χ1v) is 7.37. The molecule has 1 fully saturated rings. The van der Waals surface area contributed by atoms with Gasteiger partial charge in [0.05, 0.1) is 25.8 Å². The smallest absolute Gasteiger partial charge is 0.134 e. The first kappa shape index (κ1) is 15.8. The zero-order chi connectivity index (χ0) is 15.1. The fourth-order valence-corrected chi connectivity index (χ4v) is 2.37. The Morgan fingerprint density at radius 3 is 2.76 bits per heavy atom. The van der Waals surface area contributed by atoms with Crippen molar-refractivity contribution in [3.05, 3.63) is 29.3 Å². The molecule has 1 aliphatic rings. The first-order chi connectivity index (χ1) is 10.3. The Bertz CT molecular complexity index is 515. The maximum atomic E-state index is 5.45. The highest BCUT2D eigenvalue weighted by Crippen LogP contribution is 2.29. The lowest BCUT2D eigenvalue weighted by Crippen LogP contribution is -2.29. The zero-order valence-electron chi connectivity index (χ0n) is 12.9. The fraction of sp³-hybridized carbons (Fsp3) is 0.529. The molecule has 1 aliphatic carbocycles. The predicted octanol–water partition coefficient (Wildman–Crippen LogP) is 1.62. The summed E-state index contributed by atoms with van der Waals surface area (Å²) in [5.41, 5.74) is 7.61. The van der Waals surface area contributed by atoms with Gasteiger partial charge in [0, 0.05) is 26.2 Å². The molecule has 4 heteroatoms. The number of nitrogens with zero attached hydrogens (tertiary/aromatic N) is 1. The molecule has 0 unspecified atom stereocenters. The second kappa shape index (κ2) is 8.04. The quantitative estimate of drug-likeness (QED) is 0.775. The highest BCUT2D eigenvalue weighted by atomic mass is 16.5. The van der Waals surface area contributed by atoms with Crippen LogP contribution < -0.4 is 10.5 Å². The van der Waals surface area contributed by atoms with Crippen molar-refractivity contribution in [2.45, 2.75) is 25.4 Å². The molecule has 0 aliphatic heterocycles. The first-order valence-electron chi connectivity index (χ1n) is 7.37. The Labute approximate surface area is 127 Å². The Balaban J connectivity index is 2.11. The lowest BCUT2D eigenvalue weighted by atomic mass is 10.1. The summed E-state index contributed by atoms with van der Waals surface area (Å²) < 4.78 is 10.6. The third-order valence-electron chi connectivity index (χ3n) is 3.62. The van der Waals surface area contributed by atoms with E-state index in [2.05, 4.69) is 28.9 Å². The summed E-state index contributed by atoms with van der Waals surface area (Å²) in [6.45, 7) is 3.02. The Morgan fingerprint density at radius 1 is 1.33 bits per heavy atom. The van der Waals surface area contributed by atoms with Crippen LogP contribution in [0.2, 0.25) is 0 Å². The van der Waals surface area contributed by atoms with Crippen molar-refractivity contribution >= 4 is 0 Å². The topological polar surface area (TPSA) is 47.7 Å². The molecular formula is C17H24N2O2. The second-order valence-corrected chi connectivity index (χ2v) is 5.23. The van der Waals surface area contributed by atoms with Gasteiger partial charge < -0.3 is 15.2 Å². The van der Waals surface area contributed by atoms with Gasteiger partial charge >= 0.3 is 0 Å². The largest absolute Gasteiger partial charge is 0.495 e. The molecule has 0 bridgehead atoms. The van der Waals surface area contributed by atoms with Crippen LogP contribution in [-0.4, -0.2) is 44.9 Å². The summed E-state index contributed by atoms with van der Waals surface area (Å²) in [5, 5.41) is 0. The van der Waals surface area contributed by atoms with Crippen molar-refractivity contribution in [1.82, 2.24) is 4.90 Å². The predicted molar refractivity (Wildman–Crippen MR) is 84.2 cm³/mol. The van der Waals surface area contributed by atoms with Crippen LogP contribution in [0.25, 0.3) is 0 Å². The van der Waals surface area contributed by atoms with Gasteiger partial charge in [0.15, 0.2) is 0 Å². The molecule has 2 N–H and O–H groups in total. The molecule has 0 heterocycles. The van der Waals surface area contributed by atoms with E-state index in [0.29, 0.717) is 12.6 Å². The third-order valence-corrected chi connectivity index (χ3v) is 3.62. The van der Waals surface area contributed by atoms with Crippen molar-refractivity contribution in [2.75, 3.05) is 33.9 Å². The Hall–Kier alpha value is -1.54. The summed E-state index contributed by atoms with van der Waals surface area (Å²) >= 11 is 0. The van der Waals surface area contributed by atoms with Crippen molar-refractivity contribution in [2.24, 2.45) is 5.73 Å². The zero-order valence-corrected chi connectivity index (χ0v) is 12.9.